The number of aliphatic hydroxyl groups is 1. The van der Waals surface area contributed by atoms with Crippen LogP contribution in [0.1, 0.15) is 90.5 Å². The van der Waals surface area contributed by atoms with E-state index in [2.05, 4.69) is 34.5 Å². The van der Waals surface area contributed by atoms with E-state index in [1.54, 1.807) is 0 Å². The topological polar surface area (TPSA) is 126 Å². The molecule has 2 aromatic heterocycles. The molecule has 10 nitrogen and oxygen atoms in total. The van der Waals surface area contributed by atoms with Gasteiger partial charge in [-0.15, -0.1) is 5.48 Å². The van der Waals surface area contributed by atoms with Gasteiger partial charge in [0.2, 0.25) is 0 Å². The predicted octanol–water partition coefficient (Wildman–Crippen LogP) is 3.81. The molecule has 1 unspecified atom stereocenters. The van der Waals surface area contributed by atoms with Crippen molar-refractivity contribution in [1.29, 1.82) is 0 Å². The zero-order chi connectivity index (χ0) is 24.7. The quantitative estimate of drug-likeness (QED) is 0.445. The van der Waals surface area contributed by atoms with Gasteiger partial charge in [0, 0.05) is 19.0 Å². The Balaban J connectivity index is 1.57. The first kappa shape index (κ1) is 24.2. The van der Waals surface area contributed by atoms with Crippen LogP contribution in [0.4, 0.5) is 10.6 Å². The van der Waals surface area contributed by atoms with Crippen molar-refractivity contribution in [1.82, 2.24) is 30.3 Å². The average molecular weight is 486 g/mol. The van der Waals surface area contributed by atoms with Crippen LogP contribution < -0.4 is 16.1 Å². The molecule has 2 atom stereocenters. The fraction of sp³-hybridized carbons (Fsp3) is 0.760. The van der Waals surface area contributed by atoms with E-state index in [0.717, 1.165) is 29.6 Å². The van der Waals surface area contributed by atoms with Gasteiger partial charge in [0.15, 0.2) is 23.5 Å². The van der Waals surface area contributed by atoms with E-state index in [-0.39, 0.29) is 6.04 Å². The lowest BCUT2D eigenvalue weighted by molar-refractivity contribution is 0.0775. The number of imidazole rings is 1. The highest BCUT2D eigenvalue weighted by molar-refractivity contribution is 5.84. The third kappa shape index (κ3) is 5.38. The fourth-order valence-corrected chi connectivity index (χ4v) is 5.50. The van der Waals surface area contributed by atoms with Crippen LogP contribution in [0.5, 0.6) is 0 Å². The lowest BCUT2D eigenvalue weighted by Crippen LogP contribution is -2.32. The average Bonchev–Trinajstić information content (AvgIpc) is 3.31. The Morgan fingerprint density at radius 3 is 2.51 bits per heavy atom. The number of nitrogens with one attached hydrogen (secondary N) is 3. The summed E-state index contributed by atoms with van der Waals surface area (Å²) in [5.74, 6) is 3.90. The monoisotopic (exact) mass is 485 g/mol. The molecule has 1 amide bonds. The summed E-state index contributed by atoms with van der Waals surface area (Å²) in [7, 11) is 0. The fourth-order valence-electron chi connectivity index (χ4n) is 5.50. The van der Waals surface area contributed by atoms with Crippen molar-refractivity contribution in [3.8, 4) is 0 Å². The molecule has 35 heavy (non-hydrogen) atoms. The molecule has 1 saturated heterocycles. The zero-order valence-electron chi connectivity index (χ0n) is 21.3. The normalized spacial score (nSPS) is 26.3. The summed E-state index contributed by atoms with van der Waals surface area (Å²) in [6.45, 7) is 9.00. The largest absolute Gasteiger partial charge is 0.427 e. The minimum atomic E-state index is -0.905. The Kier molecular flexibility index (Phi) is 6.61. The van der Waals surface area contributed by atoms with Gasteiger partial charge < -0.3 is 19.8 Å². The Morgan fingerprint density at radius 1 is 1.17 bits per heavy atom. The third-order valence-corrected chi connectivity index (χ3v) is 7.88. The van der Waals surface area contributed by atoms with Crippen molar-refractivity contribution in [2.75, 3.05) is 5.32 Å². The molecule has 0 aromatic carbocycles. The first-order valence-electron chi connectivity index (χ1n) is 13.1. The van der Waals surface area contributed by atoms with Gasteiger partial charge in [-0.2, -0.15) is 0 Å². The maximum atomic E-state index is 11.6. The molecule has 2 aliphatic carbocycles. The SMILES string of the molecule is CC1CCC(Cn2c(CC(C)(C)O)nc3nc(C4NOC(=O)N4)nc(N[C@H](C)C4CCC4)c32)CC1. The van der Waals surface area contributed by atoms with Gasteiger partial charge in [-0.25, -0.2) is 19.7 Å². The predicted molar refractivity (Wildman–Crippen MR) is 132 cm³/mol. The second-order valence-electron chi connectivity index (χ2n) is 11.6. The molecular formula is C25H39N7O3. The van der Waals surface area contributed by atoms with Gasteiger partial charge in [-0.05, 0) is 64.2 Å². The molecule has 3 aliphatic rings. The van der Waals surface area contributed by atoms with Gasteiger partial charge in [-0.1, -0.05) is 26.2 Å². The molecule has 4 N–H and O–H groups in total. The van der Waals surface area contributed by atoms with Crippen molar-refractivity contribution < 1.29 is 14.7 Å². The minimum absolute atomic E-state index is 0.258. The van der Waals surface area contributed by atoms with Crippen LogP contribution in [0.25, 0.3) is 11.2 Å². The number of anilines is 1. The minimum Gasteiger partial charge on any atom is -0.390 e. The van der Waals surface area contributed by atoms with Gasteiger partial charge >= 0.3 is 6.09 Å². The highest BCUT2D eigenvalue weighted by atomic mass is 16.7. The number of carbonyl (C=O) groups excluding carboxylic acids is 1. The number of aromatic nitrogens is 4. The number of carbonyl (C=O) groups is 1. The Hall–Kier alpha value is -2.46. The molecule has 2 saturated carbocycles. The summed E-state index contributed by atoms with van der Waals surface area (Å²) in [4.78, 5) is 31.0. The zero-order valence-corrected chi connectivity index (χ0v) is 21.3. The van der Waals surface area contributed by atoms with Gasteiger partial charge in [0.1, 0.15) is 11.3 Å². The van der Waals surface area contributed by atoms with Crippen LogP contribution in [-0.4, -0.2) is 42.4 Å². The number of rotatable bonds is 8. The number of nitrogens with zero attached hydrogens (tertiary/aromatic N) is 4. The third-order valence-electron chi connectivity index (χ3n) is 7.88. The maximum Gasteiger partial charge on any atom is 0.427 e. The van der Waals surface area contributed by atoms with Crippen molar-refractivity contribution in [3.63, 3.8) is 0 Å². The van der Waals surface area contributed by atoms with Crippen LogP contribution in [-0.2, 0) is 17.8 Å². The second kappa shape index (κ2) is 9.54. The Labute approximate surface area is 206 Å². The van der Waals surface area contributed by atoms with Crippen molar-refractivity contribution in [3.05, 3.63) is 11.6 Å². The smallest absolute Gasteiger partial charge is 0.390 e. The van der Waals surface area contributed by atoms with E-state index >= 15 is 0 Å². The molecule has 0 bridgehead atoms. The van der Waals surface area contributed by atoms with Crippen LogP contribution >= 0.6 is 0 Å². The standard InChI is InChI=1S/C25H39N7O3/c1-14-8-10-16(11-9-14)13-32-18(12-25(3,4)34)27-21-19(32)20(26-15(2)17-6-5-7-17)28-22(29-21)23-30-24(33)35-31-23/h14-17,23,31,34H,5-13H2,1-4H3,(H,30,33)(H,26,28,29)/t14?,15-,16?,23?/m1/s1. The molecule has 3 heterocycles. The molecule has 10 heteroatoms. The summed E-state index contributed by atoms with van der Waals surface area (Å²) in [5.41, 5.74) is 3.20. The van der Waals surface area contributed by atoms with Gasteiger partial charge in [-0.3, -0.25) is 5.32 Å². The molecule has 0 radical (unpaired) electrons. The Morgan fingerprint density at radius 2 is 1.91 bits per heavy atom. The number of fused-ring (bicyclic) bond motifs is 1. The van der Waals surface area contributed by atoms with Crippen molar-refractivity contribution in [2.45, 2.75) is 103 Å². The summed E-state index contributed by atoms with van der Waals surface area (Å²) in [5, 5.41) is 17.0. The Bertz CT molecular complexity index is 1070. The summed E-state index contributed by atoms with van der Waals surface area (Å²) in [6, 6.07) is 0.258. The van der Waals surface area contributed by atoms with Crippen LogP contribution in [0.15, 0.2) is 0 Å². The van der Waals surface area contributed by atoms with Crippen molar-refractivity contribution in [2.24, 2.45) is 17.8 Å². The van der Waals surface area contributed by atoms with E-state index in [0.29, 0.717) is 29.7 Å². The van der Waals surface area contributed by atoms with Crippen molar-refractivity contribution >= 4 is 23.1 Å². The van der Waals surface area contributed by atoms with Crippen LogP contribution in [0, 0.1) is 17.8 Å². The van der Waals surface area contributed by atoms with Gasteiger partial charge in [0.05, 0.1) is 5.60 Å². The second-order valence-corrected chi connectivity index (χ2v) is 11.6. The number of hydrogen-bond donors (Lipinski definition) is 4. The lowest BCUT2D eigenvalue weighted by Gasteiger charge is -2.32. The first-order valence-corrected chi connectivity index (χ1v) is 13.1. The molecule has 3 fully saturated rings. The van der Waals surface area contributed by atoms with E-state index in [4.69, 9.17) is 19.8 Å². The van der Waals surface area contributed by atoms with E-state index < -0.39 is 17.9 Å². The van der Waals surface area contributed by atoms with Crippen LogP contribution in [0.3, 0.4) is 0 Å². The first-order chi connectivity index (χ1) is 16.7. The molecule has 0 spiro atoms. The van der Waals surface area contributed by atoms with Crippen LogP contribution in [0.2, 0.25) is 0 Å². The molecule has 5 rings (SSSR count). The van der Waals surface area contributed by atoms with Gasteiger partial charge in [0.25, 0.3) is 0 Å². The van der Waals surface area contributed by atoms with E-state index in [9.17, 15) is 9.90 Å². The molecule has 192 valence electrons. The molecule has 2 aromatic rings. The van der Waals surface area contributed by atoms with E-state index in [1.807, 2.05) is 13.8 Å². The summed E-state index contributed by atoms with van der Waals surface area (Å²) < 4.78 is 2.24. The maximum absolute atomic E-state index is 11.6. The molecule has 1 aliphatic heterocycles. The lowest BCUT2D eigenvalue weighted by atomic mass is 9.80. The number of hydrogen-bond acceptors (Lipinski definition) is 8. The highest BCUT2D eigenvalue weighted by Crippen LogP contribution is 2.35. The van der Waals surface area contributed by atoms with E-state index in [1.165, 1.54) is 44.9 Å². The highest BCUT2D eigenvalue weighted by Gasteiger charge is 2.32. The number of hydroxylamine groups is 1. The molecular weight excluding hydrogens is 446 g/mol. The summed E-state index contributed by atoms with van der Waals surface area (Å²) >= 11 is 0. The number of amides is 1. The summed E-state index contributed by atoms with van der Waals surface area (Å²) in [6.07, 6.45) is 7.79.